The zero-order valence-corrected chi connectivity index (χ0v) is 9.04. The molecule has 0 saturated carbocycles. The van der Waals surface area contributed by atoms with Crippen LogP contribution in [0.5, 0.6) is 0 Å². The molecule has 0 atom stereocenters. The normalized spacial score (nSPS) is 16.1. The van der Waals surface area contributed by atoms with Crippen LogP contribution < -0.4 is 5.32 Å². The average Bonchev–Trinajstić information content (AvgIpc) is 2.28. The fraction of sp³-hybridized carbons (Fsp3) is 0.333. The minimum atomic E-state index is 1.08. The highest BCUT2D eigenvalue weighted by molar-refractivity contribution is 9.10. The molecule has 1 heterocycles. The maximum atomic E-state index is 3.47. The van der Waals surface area contributed by atoms with Gasteiger partial charge in [-0.2, -0.15) is 11.8 Å². The number of fused-ring (bicyclic) bond motifs is 1. The highest BCUT2D eigenvalue weighted by atomic mass is 79.9. The summed E-state index contributed by atoms with van der Waals surface area (Å²) in [5, 5.41) is 3.42. The molecule has 0 bridgehead atoms. The average molecular weight is 244 g/mol. The zero-order valence-electron chi connectivity index (χ0n) is 6.64. The summed E-state index contributed by atoms with van der Waals surface area (Å²) in [5.41, 5.74) is 2.70. The summed E-state index contributed by atoms with van der Waals surface area (Å²) < 4.78 is 1.15. The molecule has 0 saturated heterocycles. The molecular weight excluding hydrogens is 234 g/mol. The minimum absolute atomic E-state index is 1.08. The van der Waals surface area contributed by atoms with Gasteiger partial charge in [0.2, 0.25) is 0 Å². The Bertz CT molecular complexity index is 288. The van der Waals surface area contributed by atoms with E-state index in [2.05, 4.69) is 39.4 Å². The van der Waals surface area contributed by atoms with Crippen LogP contribution >= 0.6 is 27.7 Å². The third-order valence-corrected chi connectivity index (χ3v) is 3.39. The van der Waals surface area contributed by atoms with E-state index < -0.39 is 0 Å². The van der Waals surface area contributed by atoms with Crippen LogP contribution in [0.25, 0.3) is 0 Å². The van der Waals surface area contributed by atoms with Gasteiger partial charge in [-0.05, 0) is 17.7 Å². The molecule has 0 aromatic heterocycles. The van der Waals surface area contributed by atoms with Gasteiger partial charge in [-0.25, -0.2) is 0 Å². The molecule has 0 aliphatic carbocycles. The topological polar surface area (TPSA) is 12.0 Å². The molecule has 64 valence electrons. The molecule has 1 nitrogen and oxygen atoms in total. The molecule has 0 amide bonds. The molecule has 1 aliphatic heterocycles. The van der Waals surface area contributed by atoms with Crippen LogP contribution in [0.2, 0.25) is 0 Å². The number of anilines is 1. The fourth-order valence-corrected chi connectivity index (χ4v) is 2.50. The van der Waals surface area contributed by atoms with Crippen molar-refractivity contribution < 1.29 is 0 Å². The van der Waals surface area contributed by atoms with Gasteiger partial charge >= 0.3 is 0 Å². The Kier molecular flexibility index (Phi) is 2.61. The Hall–Kier alpha value is -0.150. The van der Waals surface area contributed by atoms with Crippen molar-refractivity contribution in [2.75, 3.05) is 17.6 Å². The van der Waals surface area contributed by atoms with Crippen LogP contribution in [0, 0.1) is 0 Å². The van der Waals surface area contributed by atoms with Crippen molar-refractivity contribution in [2.24, 2.45) is 0 Å². The zero-order chi connectivity index (χ0) is 8.39. The van der Waals surface area contributed by atoms with E-state index in [9.17, 15) is 0 Å². The molecule has 1 N–H and O–H groups in total. The number of halogens is 1. The van der Waals surface area contributed by atoms with Crippen molar-refractivity contribution in [2.45, 2.75) is 5.75 Å². The summed E-state index contributed by atoms with van der Waals surface area (Å²) in [6, 6.07) is 6.44. The number of hydrogen-bond donors (Lipinski definition) is 1. The molecule has 3 heteroatoms. The first-order valence-corrected chi connectivity index (χ1v) is 5.91. The Morgan fingerprint density at radius 1 is 1.42 bits per heavy atom. The van der Waals surface area contributed by atoms with Crippen LogP contribution in [-0.4, -0.2) is 12.3 Å². The maximum absolute atomic E-state index is 3.47. The van der Waals surface area contributed by atoms with Crippen molar-refractivity contribution in [3.8, 4) is 0 Å². The highest BCUT2D eigenvalue weighted by Gasteiger charge is 2.06. The summed E-state index contributed by atoms with van der Waals surface area (Å²) in [6.45, 7) is 1.08. The number of rotatable bonds is 0. The van der Waals surface area contributed by atoms with Crippen LogP contribution in [-0.2, 0) is 5.75 Å². The van der Waals surface area contributed by atoms with E-state index in [-0.39, 0.29) is 0 Å². The molecule has 0 radical (unpaired) electrons. The molecule has 1 aliphatic rings. The second-order valence-corrected chi connectivity index (χ2v) is 4.80. The van der Waals surface area contributed by atoms with E-state index in [1.54, 1.807) is 0 Å². The molecule has 2 rings (SSSR count). The third-order valence-electron chi connectivity index (χ3n) is 1.89. The number of hydrogen-bond acceptors (Lipinski definition) is 2. The van der Waals surface area contributed by atoms with Crippen LogP contribution in [0.1, 0.15) is 5.56 Å². The highest BCUT2D eigenvalue weighted by Crippen LogP contribution is 2.27. The lowest BCUT2D eigenvalue weighted by molar-refractivity contribution is 1.23. The first kappa shape index (κ1) is 8.45. The number of benzene rings is 1. The molecular formula is C9H10BrNS. The smallest absolute Gasteiger partial charge is 0.0392 e. The number of nitrogens with one attached hydrogen (secondary N) is 1. The van der Waals surface area contributed by atoms with Crippen LogP contribution in [0.3, 0.4) is 0 Å². The first-order valence-electron chi connectivity index (χ1n) is 3.96. The summed E-state index contributed by atoms with van der Waals surface area (Å²) in [4.78, 5) is 0. The lowest BCUT2D eigenvalue weighted by atomic mass is 10.2. The van der Waals surface area contributed by atoms with Gasteiger partial charge in [0.05, 0.1) is 0 Å². The Morgan fingerprint density at radius 3 is 3.25 bits per heavy atom. The summed E-state index contributed by atoms with van der Waals surface area (Å²) in [5.74, 6) is 2.34. The lowest BCUT2D eigenvalue weighted by Gasteiger charge is -2.06. The van der Waals surface area contributed by atoms with Gasteiger partial charge in [0.15, 0.2) is 0 Å². The molecule has 0 fully saturated rings. The largest absolute Gasteiger partial charge is 0.384 e. The molecule has 0 unspecified atom stereocenters. The molecule has 12 heavy (non-hydrogen) atoms. The second kappa shape index (κ2) is 3.71. The first-order chi connectivity index (χ1) is 5.86. The summed E-state index contributed by atoms with van der Waals surface area (Å²) >= 11 is 5.46. The summed E-state index contributed by atoms with van der Waals surface area (Å²) in [6.07, 6.45) is 0. The van der Waals surface area contributed by atoms with Crippen molar-refractivity contribution in [3.05, 3.63) is 28.2 Å². The van der Waals surface area contributed by atoms with E-state index >= 15 is 0 Å². The van der Waals surface area contributed by atoms with Crippen molar-refractivity contribution in [3.63, 3.8) is 0 Å². The van der Waals surface area contributed by atoms with Gasteiger partial charge in [-0.15, -0.1) is 0 Å². The molecule has 1 aromatic rings. The Morgan fingerprint density at radius 2 is 2.33 bits per heavy atom. The quantitative estimate of drug-likeness (QED) is 0.752. The van der Waals surface area contributed by atoms with Gasteiger partial charge in [0.1, 0.15) is 0 Å². The van der Waals surface area contributed by atoms with E-state index in [1.807, 2.05) is 11.8 Å². The fourth-order valence-electron chi connectivity index (χ4n) is 1.28. The SMILES string of the molecule is Brc1ccc2c(c1)NCCSC2. The van der Waals surface area contributed by atoms with Gasteiger partial charge in [0, 0.05) is 28.2 Å². The van der Waals surface area contributed by atoms with Gasteiger partial charge in [-0.3, -0.25) is 0 Å². The monoisotopic (exact) mass is 243 g/mol. The van der Waals surface area contributed by atoms with Crippen LogP contribution in [0.15, 0.2) is 22.7 Å². The van der Waals surface area contributed by atoms with E-state index in [1.165, 1.54) is 17.0 Å². The Balaban J connectivity index is 2.36. The van der Waals surface area contributed by atoms with E-state index in [4.69, 9.17) is 0 Å². The van der Waals surface area contributed by atoms with Crippen LogP contribution in [0.4, 0.5) is 5.69 Å². The lowest BCUT2D eigenvalue weighted by Crippen LogP contribution is -2.01. The van der Waals surface area contributed by atoms with Crippen molar-refractivity contribution >= 4 is 33.4 Å². The van der Waals surface area contributed by atoms with Gasteiger partial charge < -0.3 is 5.32 Å². The van der Waals surface area contributed by atoms with Crippen molar-refractivity contribution in [1.82, 2.24) is 0 Å². The standard InChI is InChI=1S/C9H10BrNS/c10-8-2-1-7-6-12-4-3-11-9(7)5-8/h1-2,5,11H,3-4,6H2. The van der Waals surface area contributed by atoms with E-state index in [0.29, 0.717) is 0 Å². The minimum Gasteiger partial charge on any atom is -0.384 e. The number of thioether (sulfide) groups is 1. The van der Waals surface area contributed by atoms with Crippen molar-refractivity contribution in [1.29, 1.82) is 0 Å². The summed E-state index contributed by atoms with van der Waals surface area (Å²) in [7, 11) is 0. The van der Waals surface area contributed by atoms with Gasteiger partial charge in [-0.1, -0.05) is 22.0 Å². The maximum Gasteiger partial charge on any atom is 0.0392 e. The molecule has 0 spiro atoms. The Labute approximate surface area is 85.1 Å². The van der Waals surface area contributed by atoms with Gasteiger partial charge in [0.25, 0.3) is 0 Å². The predicted octanol–water partition coefficient (Wildman–Crippen LogP) is 3.11. The predicted molar refractivity (Wildman–Crippen MR) is 58.8 cm³/mol. The second-order valence-electron chi connectivity index (χ2n) is 2.78. The van der Waals surface area contributed by atoms with E-state index in [0.717, 1.165) is 16.8 Å². The molecule has 1 aromatic carbocycles. The third kappa shape index (κ3) is 1.77.